The largest absolute Gasteiger partial charge is 0.381 e. The lowest BCUT2D eigenvalue weighted by Gasteiger charge is -2.42. The van der Waals surface area contributed by atoms with Crippen molar-refractivity contribution < 1.29 is 13.9 Å². The molecule has 2 atom stereocenters. The van der Waals surface area contributed by atoms with Gasteiger partial charge in [-0.2, -0.15) is 5.10 Å². The first-order valence-electron chi connectivity index (χ1n) is 7.99. The Morgan fingerprint density at radius 3 is 2.80 bits per heavy atom. The molecule has 1 aliphatic rings. The van der Waals surface area contributed by atoms with Crippen LogP contribution in [0, 0.1) is 11.6 Å². The van der Waals surface area contributed by atoms with Crippen molar-refractivity contribution >= 4 is 22.6 Å². The van der Waals surface area contributed by atoms with Crippen molar-refractivity contribution in [3.8, 4) is 0 Å². The average Bonchev–Trinajstić information content (AvgIpc) is 3.07. The molecular formula is C17H19F2IN4O. The van der Waals surface area contributed by atoms with Crippen LogP contribution in [0.2, 0.25) is 0 Å². The van der Waals surface area contributed by atoms with Gasteiger partial charge < -0.3 is 5.11 Å². The van der Waals surface area contributed by atoms with Gasteiger partial charge in [-0.15, -0.1) is 0 Å². The molecule has 0 saturated carbocycles. The van der Waals surface area contributed by atoms with E-state index < -0.39 is 23.3 Å². The smallest absolute Gasteiger partial charge is 0.137 e. The second-order valence-corrected chi connectivity index (χ2v) is 7.60. The van der Waals surface area contributed by atoms with Gasteiger partial charge in [-0.3, -0.25) is 4.90 Å². The zero-order valence-corrected chi connectivity index (χ0v) is 15.9. The lowest BCUT2D eigenvalue weighted by Crippen LogP contribution is -2.53. The third-order valence-electron chi connectivity index (χ3n) is 4.69. The van der Waals surface area contributed by atoms with Crippen LogP contribution < -0.4 is 0 Å². The van der Waals surface area contributed by atoms with Crippen LogP contribution in [-0.4, -0.2) is 43.9 Å². The topological polar surface area (TPSA) is 54.2 Å². The minimum Gasteiger partial charge on any atom is -0.381 e. The molecular weight excluding hydrogens is 441 g/mol. The SMILES string of the molecule is C[C@@H](N1CC=C(I)CC1)[C@](O)(Cn1cncn1)c1ccc(F)cc1F. The molecule has 1 aromatic heterocycles. The molecule has 5 nitrogen and oxygen atoms in total. The summed E-state index contributed by atoms with van der Waals surface area (Å²) in [6.45, 7) is 3.31. The molecule has 0 spiro atoms. The van der Waals surface area contributed by atoms with Crippen LogP contribution in [0.4, 0.5) is 8.78 Å². The molecule has 0 unspecified atom stereocenters. The van der Waals surface area contributed by atoms with E-state index in [4.69, 9.17) is 0 Å². The highest BCUT2D eigenvalue weighted by Crippen LogP contribution is 2.34. The summed E-state index contributed by atoms with van der Waals surface area (Å²) in [7, 11) is 0. The molecule has 2 heterocycles. The summed E-state index contributed by atoms with van der Waals surface area (Å²) in [5.41, 5.74) is -1.52. The van der Waals surface area contributed by atoms with Crippen LogP contribution in [0.15, 0.2) is 40.5 Å². The van der Waals surface area contributed by atoms with E-state index in [0.717, 1.165) is 25.1 Å². The number of hydrogen-bond donors (Lipinski definition) is 1. The van der Waals surface area contributed by atoms with Gasteiger partial charge in [-0.25, -0.2) is 18.4 Å². The minimum atomic E-state index is -1.58. The molecule has 3 rings (SSSR count). The lowest BCUT2D eigenvalue weighted by atomic mass is 9.85. The molecule has 0 fully saturated rings. The first-order valence-corrected chi connectivity index (χ1v) is 9.07. The molecule has 1 aromatic carbocycles. The number of rotatable bonds is 5. The van der Waals surface area contributed by atoms with E-state index in [1.54, 1.807) is 0 Å². The Hall–Kier alpha value is -1.39. The molecule has 8 heteroatoms. The average molecular weight is 460 g/mol. The fourth-order valence-corrected chi connectivity index (χ4v) is 3.60. The lowest BCUT2D eigenvalue weighted by molar-refractivity contribution is -0.0615. The van der Waals surface area contributed by atoms with Crippen molar-refractivity contribution in [2.24, 2.45) is 0 Å². The Balaban J connectivity index is 1.99. The maximum Gasteiger partial charge on any atom is 0.137 e. The normalized spacial score (nSPS) is 19.3. The summed E-state index contributed by atoms with van der Waals surface area (Å²) in [6, 6.07) is 2.86. The molecule has 0 bridgehead atoms. The summed E-state index contributed by atoms with van der Waals surface area (Å²) < 4.78 is 30.6. The first kappa shape index (κ1) is 18.4. The maximum absolute atomic E-state index is 14.5. The molecule has 25 heavy (non-hydrogen) atoms. The third-order valence-corrected chi connectivity index (χ3v) is 5.67. The van der Waals surface area contributed by atoms with Crippen LogP contribution in [0.5, 0.6) is 0 Å². The van der Waals surface area contributed by atoms with E-state index in [1.165, 1.54) is 27.0 Å². The molecule has 0 radical (unpaired) electrons. The Kier molecular flexibility index (Phi) is 5.49. The first-order chi connectivity index (χ1) is 11.9. The van der Waals surface area contributed by atoms with Crippen molar-refractivity contribution in [1.29, 1.82) is 0 Å². The molecule has 1 aliphatic heterocycles. The number of hydrogen-bond acceptors (Lipinski definition) is 4. The minimum absolute atomic E-state index is 0.0219. The number of nitrogens with zero attached hydrogens (tertiary/aromatic N) is 4. The number of halogens is 3. The van der Waals surface area contributed by atoms with Crippen molar-refractivity contribution in [3.05, 3.63) is 57.7 Å². The van der Waals surface area contributed by atoms with Gasteiger partial charge in [0, 0.05) is 30.8 Å². The van der Waals surface area contributed by atoms with E-state index in [2.05, 4.69) is 43.6 Å². The monoisotopic (exact) mass is 460 g/mol. The molecule has 2 aromatic rings. The van der Waals surface area contributed by atoms with Crippen molar-refractivity contribution in [3.63, 3.8) is 0 Å². The summed E-state index contributed by atoms with van der Waals surface area (Å²) >= 11 is 2.30. The van der Waals surface area contributed by atoms with E-state index in [9.17, 15) is 13.9 Å². The van der Waals surface area contributed by atoms with Crippen LogP contribution in [0.3, 0.4) is 0 Å². The van der Waals surface area contributed by atoms with E-state index >= 15 is 0 Å². The molecule has 1 N–H and O–H groups in total. The van der Waals surface area contributed by atoms with Crippen LogP contribution in [0.25, 0.3) is 0 Å². The van der Waals surface area contributed by atoms with Gasteiger partial charge in [0.15, 0.2) is 0 Å². The van der Waals surface area contributed by atoms with Crippen LogP contribution in [-0.2, 0) is 12.1 Å². The summed E-state index contributed by atoms with van der Waals surface area (Å²) in [4.78, 5) is 5.97. The Bertz CT molecular complexity index is 768. The van der Waals surface area contributed by atoms with Crippen molar-refractivity contribution in [2.75, 3.05) is 13.1 Å². The van der Waals surface area contributed by atoms with Crippen molar-refractivity contribution in [1.82, 2.24) is 19.7 Å². The Morgan fingerprint density at radius 2 is 2.20 bits per heavy atom. The predicted octanol–water partition coefficient (Wildman–Crippen LogP) is 2.86. The van der Waals surface area contributed by atoms with Gasteiger partial charge in [0.1, 0.15) is 29.9 Å². The summed E-state index contributed by atoms with van der Waals surface area (Å²) in [5, 5.41) is 15.5. The third kappa shape index (κ3) is 3.90. The van der Waals surface area contributed by atoms with Crippen LogP contribution >= 0.6 is 22.6 Å². The highest BCUT2D eigenvalue weighted by atomic mass is 127. The van der Waals surface area contributed by atoms with E-state index in [-0.39, 0.29) is 12.1 Å². The Labute approximate surface area is 158 Å². The highest BCUT2D eigenvalue weighted by Gasteiger charge is 2.42. The Morgan fingerprint density at radius 1 is 1.40 bits per heavy atom. The predicted molar refractivity (Wildman–Crippen MR) is 98.0 cm³/mol. The van der Waals surface area contributed by atoms with Gasteiger partial charge in [0.25, 0.3) is 0 Å². The molecule has 0 saturated heterocycles. The fraction of sp³-hybridized carbons (Fsp3) is 0.412. The number of benzene rings is 1. The quantitative estimate of drug-likeness (QED) is 0.698. The van der Waals surface area contributed by atoms with Gasteiger partial charge in [-0.1, -0.05) is 12.1 Å². The summed E-state index contributed by atoms with van der Waals surface area (Å²) in [6.07, 6.45) is 5.81. The zero-order chi connectivity index (χ0) is 18.0. The zero-order valence-electron chi connectivity index (χ0n) is 13.7. The van der Waals surface area contributed by atoms with Crippen LogP contribution in [0.1, 0.15) is 18.9 Å². The molecule has 134 valence electrons. The second kappa shape index (κ2) is 7.46. The van der Waals surface area contributed by atoms with Gasteiger partial charge in [0.2, 0.25) is 0 Å². The maximum atomic E-state index is 14.5. The van der Waals surface area contributed by atoms with E-state index in [1.807, 2.05) is 6.92 Å². The number of aliphatic hydroxyl groups is 1. The fourth-order valence-electron chi connectivity index (χ4n) is 3.16. The van der Waals surface area contributed by atoms with Gasteiger partial charge in [-0.05, 0) is 45.6 Å². The highest BCUT2D eigenvalue weighted by molar-refractivity contribution is 14.1. The molecule has 0 amide bonds. The second-order valence-electron chi connectivity index (χ2n) is 6.21. The van der Waals surface area contributed by atoms with Gasteiger partial charge >= 0.3 is 0 Å². The summed E-state index contributed by atoms with van der Waals surface area (Å²) in [5.74, 6) is -1.44. The van der Waals surface area contributed by atoms with Gasteiger partial charge in [0.05, 0.1) is 6.54 Å². The van der Waals surface area contributed by atoms with Crippen molar-refractivity contribution in [2.45, 2.75) is 31.5 Å². The van der Waals surface area contributed by atoms with E-state index in [0.29, 0.717) is 6.54 Å². The standard InChI is InChI=1S/C17H19F2IN4O/c1-12(23-6-4-14(20)5-7-23)17(25,9-24-11-21-10-22-24)15-3-2-13(18)8-16(15)19/h2-4,8,10-12,25H,5-7,9H2,1H3/t12-,17-/m1/s1. The molecule has 0 aliphatic carbocycles. The number of aromatic nitrogens is 3.